The highest BCUT2D eigenvalue weighted by atomic mass is 19.4. The Hall–Kier alpha value is -1.07. The average Bonchev–Trinajstić information content (AvgIpc) is 1.96. The molecule has 0 saturated carbocycles. The van der Waals surface area contributed by atoms with Gasteiger partial charge in [-0.3, -0.25) is 4.99 Å². The lowest BCUT2D eigenvalue weighted by Gasteiger charge is -2.25. The Labute approximate surface area is 74.9 Å². The zero-order valence-electron chi connectivity index (χ0n) is 7.76. The second-order valence-corrected chi connectivity index (χ2v) is 2.62. The van der Waals surface area contributed by atoms with Crippen molar-refractivity contribution in [2.45, 2.75) is 26.1 Å². The van der Waals surface area contributed by atoms with E-state index in [2.05, 4.69) is 16.8 Å². The topological polar surface area (TPSA) is 28.0 Å². The number of hydrogen-bond acceptors (Lipinski definition) is 2. The van der Waals surface area contributed by atoms with Crippen molar-refractivity contribution in [3.63, 3.8) is 0 Å². The predicted octanol–water partition coefficient (Wildman–Crippen LogP) is 1.90. The summed E-state index contributed by atoms with van der Waals surface area (Å²) in [6.45, 7) is 6.21. The lowest BCUT2D eigenvalue weighted by molar-refractivity contribution is -0.0702. The fraction of sp³-hybridized carbons (Fsp3) is 0.714. The number of halogens is 3. The van der Waals surface area contributed by atoms with Crippen molar-refractivity contribution in [3.8, 4) is 0 Å². The summed E-state index contributed by atoms with van der Waals surface area (Å²) in [6, 6.07) is -0.419. The van der Waals surface area contributed by atoms with Crippen LogP contribution in [-0.4, -0.2) is 36.8 Å². The second kappa shape index (κ2) is 4.25. The minimum Gasteiger partial charge on any atom is -0.266 e. The Bertz CT molecular complexity index is 208. The SMILES string of the molecule is C=NN(C(=NC)C(F)(F)F)C(C)C. The standard InChI is InChI=1S/C7H12F3N3/c1-5(2)13(12-4)6(11-3)7(8,9)10/h5H,4H2,1-3H3. The van der Waals surface area contributed by atoms with Crippen LogP contribution in [0.2, 0.25) is 0 Å². The number of alkyl halides is 3. The molecular formula is C7H12F3N3. The number of aliphatic imine (C=N–C) groups is 1. The summed E-state index contributed by atoms with van der Waals surface area (Å²) in [5.41, 5.74) is 0. The van der Waals surface area contributed by atoms with E-state index in [1.807, 2.05) is 0 Å². The molecule has 0 amide bonds. The Kier molecular flexibility index (Phi) is 3.90. The number of rotatable bonds is 2. The fourth-order valence-corrected chi connectivity index (χ4v) is 0.834. The molecule has 0 fully saturated rings. The van der Waals surface area contributed by atoms with Gasteiger partial charge in [-0.05, 0) is 13.8 Å². The van der Waals surface area contributed by atoms with Crippen molar-refractivity contribution >= 4 is 12.6 Å². The van der Waals surface area contributed by atoms with Crippen LogP contribution in [0, 0.1) is 0 Å². The number of amidine groups is 1. The van der Waals surface area contributed by atoms with Crippen LogP contribution in [0.4, 0.5) is 13.2 Å². The van der Waals surface area contributed by atoms with Crippen LogP contribution in [-0.2, 0) is 0 Å². The third-order valence-electron chi connectivity index (χ3n) is 1.32. The maximum atomic E-state index is 12.3. The van der Waals surface area contributed by atoms with Gasteiger partial charge in [-0.25, -0.2) is 5.01 Å². The number of nitrogens with zero attached hydrogens (tertiary/aromatic N) is 3. The van der Waals surface area contributed by atoms with E-state index in [-0.39, 0.29) is 0 Å². The molecule has 0 aliphatic carbocycles. The molecule has 0 rings (SSSR count). The van der Waals surface area contributed by atoms with Crippen LogP contribution < -0.4 is 0 Å². The predicted molar refractivity (Wildman–Crippen MR) is 45.9 cm³/mol. The first-order chi connectivity index (χ1) is 5.84. The minimum atomic E-state index is -4.49. The van der Waals surface area contributed by atoms with E-state index in [4.69, 9.17) is 0 Å². The average molecular weight is 195 g/mol. The number of hydrogen-bond donors (Lipinski definition) is 0. The molecule has 0 radical (unpaired) electrons. The quantitative estimate of drug-likeness (QED) is 0.375. The minimum absolute atomic E-state index is 0.419. The fourth-order valence-electron chi connectivity index (χ4n) is 0.834. The van der Waals surface area contributed by atoms with Gasteiger partial charge in [-0.2, -0.15) is 18.3 Å². The molecule has 0 saturated heterocycles. The molecule has 0 aromatic rings. The first kappa shape index (κ1) is 11.9. The van der Waals surface area contributed by atoms with Crippen molar-refractivity contribution in [1.82, 2.24) is 5.01 Å². The highest BCUT2D eigenvalue weighted by Gasteiger charge is 2.40. The van der Waals surface area contributed by atoms with Crippen LogP contribution in [0.1, 0.15) is 13.8 Å². The molecular weight excluding hydrogens is 183 g/mol. The zero-order chi connectivity index (χ0) is 10.6. The molecule has 0 aromatic heterocycles. The maximum absolute atomic E-state index is 12.3. The highest BCUT2D eigenvalue weighted by Crippen LogP contribution is 2.21. The summed E-state index contributed by atoms with van der Waals surface area (Å²) >= 11 is 0. The van der Waals surface area contributed by atoms with Crippen molar-refractivity contribution < 1.29 is 13.2 Å². The zero-order valence-corrected chi connectivity index (χ0v) is 7.76. The summed E-state index contributed by atoms with van der Waals surface area (Å²) < 4.78 is 36.8. The smallest absolute Gasteiger partial charge is 0.266 e. The molecule has 0 aliphatic rings. The largest absolute Gasteiger partial charge is 0.450 e. The van der Waals surface area contributed by atoms with Crippen molar-refractivity contribution in [3.05, 3.63) is 0 Å². The number of hydrazone groups is 1. The summed E-state index contributed by atoms with van der Waals surface area (Å²) in [4.78, 5) is 3.14. The second-order valence-electron chi connectivity index (χ2n) is 2.62. The van der Waals surface area contributed by atoms with Gasteiger partial charge in [0.25, 0.3) is 0 Å². The molecule has 0 bridgehead atoms. The summed E-state index contributed by atoms with van der Waals surface area (Å²) in [5, 5.41) is 3.99. The molecule has 3 nitrogen and oxygen atoms in total. The van der Waals surface area contributed by atoms with E-state index in [1.54, 1.807) is 13.8 Å². The molecule has 6 heteroatoms. The Balaban J connectivity index is 4.87. The first-order valence-corrected chi connectivity index (χ1v) is 3.64. The van der Waals surface area contributed by atoms with E-state index >= 15 is 0 Å². The maximum Gasteiger partial charge on any atom is 0.450 e. The van der Waals surface area contributed by atoms with Gasteiger partial charge in [0.15, 0.2) is 0 Å². The molecule has 0 aliphatic heterocycles. The van der Waals surface area contributed by atoms with Gasteiger partial charge in [-0.1, -0.05) is 0 Å². The van der Waals surface area contributed by atoms with E-state index in [9.17, 15) is 13.2 Å². The molecule has 0 unspecified atom stereocenters. The summed E-state index contributed by atoms with van der Waals surface area (Å²) in [6.07, 6.45) is -4.49. The third-order valence-corrected chi connectivity index (χ3v) is 1.32. The van der Waals surface area contributed by atoms with Gasteiger partial charge in [0.1, 0.15) is 0 Å². The van der Waals surface area contributed by atoms with E-state index < -0.39 is 18.1 Å². The van der Waals surface area contributed by atoms with Gasteiger partial charge in [0.2, 0.25) is 5.84 Å². The molecule has 76 valence electrons. The monoisotopic (exact) mass is 195 g/mol. The van der Waals surface area contributed by atoms with Crippen molar-refractivity contribution in [2.24, 2.45) is 10.1 Å². The molecule has 0 aromatic carbocycles. The summed E-state index contributed by atoms with van der Waals surface area (Å²) in [5.74, 6) is -1.03. The highest BCUT2D eigenvalue weighted by molar-refractivity contribution is 5.87. The van der Waals surface area contributed by atoms with E-state index in [1.165, 1.54) is 0 Å². The Morgan fingerprint density at radius 1 is 1.38 bits per heavy atom. The molecule has 0 heterocycles. The van der Waals surface area contributed by atoms with E-state index in [0.29, 0.717) is 0 Å². The van der Waals surface area contributed by atoms with Gasteiger partial charge in [0, 0.05) is 19.8 Å². The van der Waals surface area contributed by atoms with Crippen LogP contribution in [0.3, 0.4) is 0 Å². The lowest BCUT2D eigenvalue weighted by atomic mass is 10.3. The van der Waals surface area contributed by atoms with Crippen molar-refractivity contribution in [1.29, 1.82) is 0 Å². The van der Waals surface area contributed by atoms with Gasteiger partial charge < -0.3 is 0 Å². The van der Waals surface area contributed by atoms with Crippen LogP contribution in [0.15, 0.2) is 10.1 Å². The van der Waals surface area contributed by atoms with Crippen LogP contribution >= 0.6 is 0 Å². The Morgan fingerprint density at radius 2 is 1.85 bits per heavy atom. The molecule has 0 atom stereocenters. The molecule has 0 spiro atoms. The Morgan fingerprint density at radius 3 is 1.92 bits per heavy atom. The van der Waals surface area contributed by atoms with Crippen LogP contribution in [0.25, 0.3) is 0 Å². The first-order valence-electron chi connectivity index (χ1n) is 3.64. The van der Waals surface area contributed by atoms with Gasteiger partial charge in [0.05, 0.1) is 0 Å². The molecule has 0 N–H and O–H groups in total. The van der Waals surface area contributed by atoms with Crippen LogP contribution in [0.5, 0.6) is 0 Å². The normalized spacial score (nSPS) is 13.3. The van der Waals surface area contributed by atoms with Gasteiger partial charge >= 0.3 is 6.18 Å². The summed E-state index contributed by atoms with van der Waals surface area (Å²) in [7, 11) is 1.07. The molecule has 13 heavy (non-hydrogen) atoms. The third kappa shape index (κ3) is 3.04. The van der Waals surface area contributed by atoms with E-state index in [0.717, 1.165) is 12.1 Å². The van der Waals surface area contributed by atoms with Crippen molar-refractivity contribution in [2.75, 3.05) is 7.05 Å². The lowest BCUT2D eigenvalue weighted by Crippen LogP contribution is -2.41. The van der Waals surface area contributed by atoms with Gasteiger partial charge in [-0.15, -0.1) is 0 Å².